The van der Waals surface area contributed by atoms with E-state index < -0.39 is 61.5 Å². The second-order valence-electron chi connectivity index (χ2n) is 6.25. The van der Waals surface area contributed by atoms with Gasteiger partial charge in [0.15, 0.2) is 0 Å². The first kappa shape index (κ1) is 39.2. The summed E-state index contributed by atoms with van der Waals surface area (Å²) in [5.74, 6) is 0. The van der Waals surface area contributed by atoms with Crippen molar-refractivity contribution >= 4 is 40.5 Å². The van der Waals surface area contributed by atoms with Gasteiger partial charge in [0, 0.05) is 0 Å². The van der Waals surface area contributed by atoms with E-state index in [1.165, 1.54) is 55.4 Å². The van der Waals surface area contributed by atoms with Crippen LogP contribution in [0.3, 0.4) is 0 Å². The largest absolute Gasteiger partial charge is 0.285 e. The fraction of sp³-hybridized carbons (Fsp3) is 1.00. The maximum absolute atomic E-state index is 9.89. The third-order valence-electron chi connectivity index (χ3n) is 2.38. The molecule has 0 rings (SSSR count). The molecule has 0 aliphatic carbocycles. The molecule has 0 aromatic carbocycles. The van der Waals surface area contributed by atoms with Crippen molar-refractivity contribution in [2.75, 3.05) is 0 Å². The van der Waals surface area contributed by atoms with E-state index in [-0.39, 0.29) is 7.43 Å². The van der Waals surface area contributed by atoms with Gasteiger partial charge in [-0.05, 0) is 55.4 Å². The van der Waals surface area contributed by atoms with Crippen LogP contribution in [0, 0.1) is 0 Å². The summed E-state index contributed by atoms with van der Waals surface area (Å²) < 4.78 is 111. The predicted octanol–water partition coefficient (Wildman–Crippen LogP) is 1.77. The van der Waals surface area contributed by atoms with Crippen molar-refractivity contribution in [3.05, 3.63) is 0 Å². The van der Waals surface area contributed by atoms with Gasteiger partial charge in [0.05, 0.1) is 21.0 Å². The van der Waals surface area contributed by atoms with Crippen LogP contribution in [0.1, 0.15) is 62.8 Å². The number of hydrogen-bond donors (Lipinski definition) is 4. The van der Waals surface area contributed by atoms with E-state index in [4.69, 9.17) is 18.2 Å². The van der Waals surface area contributed by atoms with Crippen molar-refractivity contribution in [2.24, 2.45) is 0 Å². The average Bonchev–Trinajstić information content (AvgIpc) is 2.35. The molecule has 0 fully saturated rings. The van der Waals surface area contributed by atoms with Gasteiger partial charge >= 0.3 is 0 Å². The Morgan fingerprint density at radius 3 is 0.414 bits per heavy atom. The maximum Gasteiger partial charge on any atom is 0.267 e. The molecule has 0 aromatic rings. The molecule has 0 saturated carbocycles. The first-order chi connectivity index (χ1) is 11.8. The van der Waals surface area contributed by atoms with Gasteiger partial charge in [-0.1, -0.05) is 7.43 Å². The summed E-state index contributed by atoms with van der Waals surface area (Å²) in [4.78, 5) is 0. The van der Waals surface area contributed by atoms with E-state index in [1.807, 2.05) is 0 Å². The Hall–Kier alpha value is -0.360. The Bertz CT molecular complexity index is 674. The zero-order valence-electron chi connectivity index (χ0n) is 17.0. The molecule has 0 unspecified atom stereocenters. The highest BCUT2D eigenvalue weighted by molar-refractivity contribution is 7.87. The average molecular weight is 513 g/mol. The van der Waals surface area contributed by atoms with E-state index in [0.717, 1.165) is 0 Å². The monoisotopic (exact) mass is 512 g/mol. The lowest BCUT2D eigenvalue weighted by Gasteiger charge is -1.94. The van der Waals surface area contributed by atoms with E-state index in [1.54, 1.807) is 0 Å². The van der Waals surface area contributed by atoms with Crippen LogP contribution < -0.4 is 0 Å². The quantitative estimate of drug-likeness (QED) is 0.396. The van der Waals surface area contributed by atoms with Gasteiger partial charge in [0.1, 0.15) is 0 Å². The minimum Gasteiger partial charge on any atom is -0.285 e. The van der Waals surface area contributed by atoms with Gasteiger partial charge in [-0.25, -0.2) is 0 Å². The highest BCUT2D eigenvalue weighted by atomic mass is 32.2. The number of hydrogen-bond acceptors (Lipinski definition) is 8. The van der Waals surface area contributed by atoms with Gasteiger partial charge in [-0.3, -0.25) is 18.2 Å². The Kier molecular flexibility index (Phi) is 20.8. The molecule has 0 spiro atoms. The summed E-state index contributed by atoms with van der Waals surface area (Å²) in [5, 5.41) is -2.69. The van der Waals surface area contributed by atoms with Crippen LogP contribution in [0.5, 0.6) is 0 Å². The third kappa shape index (κ3) is 32.5. The summed E-state index contributed by atoms with van der Waals surface area (Å²) in [5.41, 5.74) is 0. The Morgan fingerprint density at radius 2 is 0.414 bits per heavy atom. The first-order valence-electron chi connectivity index (χ1n) is 7.63. The molecule has 0 saturated heterocycles. The predicted molar refractivity (Wildman–Crippen MR) is 113 cm³/mol. The molecule has 0 bridgehead atoms. The van der Waals surface area contributed by atoms with Crippen molar-refractivity contribution in [1.29, 1.82) is 0 Å². The van der Waals surface area contributed by atoms with Gasteiger partial charge in [-0.2, -0.15) is 33.7 Å². The molecular formula is C13H36O12S4. The van der Waals surface area contributed by atoms with Crippen LogP contribution in [0.15, 0.2) is 0 Å². The lowest BCUT2D eigenvalue weighted by Crippen LogP contribution is -2.10. The van der Waals surface area contributed by atoms with Crippen molar-refractivity contribution in [3.63, 3.8) is 0 Å². The smallest absolute Gasteiger partial charge is 0.267 e. The normalized spacial score (nSPS) is 12.1. The first-order valence-corrected chi connectivity index (χ1v) is 13.6. The lowest BCUT2D eigenvalue weighted by molar-refractivity contribution is 0.471. The van der Waals surface area contributed by atoms with Crippen molar-refractivity contribution in [2.45, 2.75) is 83.8 Å². The van der Waals surface area contributed by atoms with Crippen LogP contribution in [0.4, 0.5) is 0 Å². The molecule has 0 atom stereocenters. The highest BCUT2D eigenvalue weighted by Crippen LogP contribution is 1.93. The number of rotatable bonds is 4. The van der Waals surface area contributed by atoms with Crippen LogP contribution >= 0.6 is 0 Å². The molecule has 0 aromatic heterocycles. The highest BCUT2D eigenvalue weighted by Gasteiger charge is 2.10. The van der Waals surface area contributed by atoms with E-state index in [9.17, 15) is 33.7 Å². The fourth-order valence-corrected chi connectivity index (χ4v) is 0. The molecule has 0 radical (unpaired) electrons. The summed E-state index contributed by atoms with van der Waals surface area (Å²) in [6, 6.07) is 0. The SMILES string of the molecule is C.CC(C)S(=O)(=O)O.CC(C)S(=O)(=O)O.CC(C)S(=O)(=O)O.CC(C)S(=O)(=O)O. The molecule has 4 N–H and O–H groups in total. The van der Waals surface area contributed by atoms with Crippen molar-refractivity contribution in [3.8, 4) is 0 Å². The summed E-state index contributed by atoms with van der Waals surface area (Å²) in [6.45, 7) is 11.3. The molecule has 0 heterocycles. The second-order valence-corrected chi connectivity index (χ2v) is 14.1. The molecule has 0 amide bonds. The van der Waals surface area contributed by atoms with Crippen LogP contribution in [-0.4, -0.2) is 72.9 Å². The third-order valence-corrected chi connectivity index (χ3v) is 7.15. The summed E-state index contributed by atoms with van der Waals surface area (Å²) in [7, 11) is -15.0. The Labute approximate surface area is 176 Å². The molecule has 0 aliphatic heterocycles. The van der Waals surface area contributed by atoms with E-state index in [0.29, 0.717) is 0 Å². The van der Waals surface area contributed by atoms with E-state index >= 15 is 0 Å². The summed E-state index contributed by atoms with van der Waals surface area (Å²) >= 11 is 0. The molecular weight excluding hydrogens is 476 g/mol. The molecule has 0 aliphatic rings. The fourth-order valence-electron chi connectivity index (χ4n) is 0. The van der Waals surface area contributed by atoms with Crippen molar-refractivity contribution < 1.29 is 51.9 Å². The second kappa shape index (κ2) is 15.4. The van der Waals surface area contributed by atoms with Crippen LogP contribution in [-0.2, 0) is 40.5 Å². The zero-order valence-corrected chi connectivity index (χ0v) is 20.3. The minimum atomic E-state index is -3.74. The Balaban J connectivity index is -0.0000000873. The minimum absolute atomic E-state index is 0. The molecule has 184 valence electrons. The van der Waals surface area contributed by atoms with E-state index in [2.05, 4.69) is 0 Å². The van der Waals surface area contributed by atoms with Gasteiger partial charge in [0.25, 0.3) is 40.5 Å². The van der Waals surface area contributed by atoms with Crippen molar-refractivity contribution in [1.82, 2.24) is 0 Å². The Morgan fingerprint density at radius 1 is 0.379 bits per heavy atom. The molecule has 16 heteroatoms. The van der Waals surface area contributed by atoms with Gasteiger partial charge in [-0.15, -0.1) is 0 Å². The summed E-state index contributed by atoms with van der Waals surface area (Å²) in [6.07, 6.45) is 0. The molecule has 29 heavy (non-hydrogen) atoms. The maximum atomic E-state index is 9.89. The van der Waals surface area contributed by atoms with Gasteiger partial charge < -0.3 is 0 Å². The van der Waals surface area contributed by atoms with Crippen LogP contribution in [0.2, 0.25) is 0 Å². The lowest BCUT2D eigenvalue weighted by atomic mass is 10.6. The standard InChI is InChI=1S/4C3H8O3S.CH4/c4*1-3(2)7(4,5)6;/h4*3H,1-2H3,(H,4,5,6);1H4. The topological polar surface area (TPSA) is 217 Å². The van der Waals surface area contributed by atoms with Gasteiger partial charge in [0.2, 0.25) is 0 Å². The molecule has 12 nitrogen and oxygen atoms in total. The zero-order chi connectivity index (χ0) is 24.3. The van der Waals surface area contributed by atoms with Crippen LogP contribution in [0.25, 0.3) is 0 Å².